The molecule has 0 radical (unpaired) electrons. The molecular formula is C9H17ClN2O2S. The molecule has 0 N–H and O–H groups in total. The van der Waals surface area contributed by atoms with Crippen molar-refractivity contribution in [3.63, 3.8) is 0 Å². The summed E-state index contributed by atoms with van der Waals surface area (Å²) in [4.78, 5) is 0. The largest absolute Gasteiger partial charge is 0.214 e. The summed E-state index contributed by atoms with van der Waals surface area (Å²) in [5.41, 5.74) is 0. The monoisotopic (exact) mass is 252 g/mol. The standard InChI is InChI=1S/C9H17ClN2O2S/c1-3-12(8-9(2)7-11)15(13,14)6-4-5-10/h9H,3-6,8H2,1-2H3. The van der Waals surface area contributed by atoms with Gasteiger partial charge in [-0.15, -0.1) is 11.6 Å². The molecule has 6 heteroatoms. The van der Waals surface area contributed by atoms with E-state index in [1.165, 1.54) is 4.31 Å². The van der Waals surface area contributed by atoms with Crippen LogP contribution in [0.25, 0.3) is 0 Å². The molecule has 0 aliphatic rings. The molecule has 0 aromatic heterocycles. The average Bonchev–Trinajstić information content (AvgIpc) is 2.22. The second-order valence-corrected chi connectivity index (χ2v) is 5.81. The number of sulfonamides is 1. The molecule has 0 rings (SSSR count). The summed E-state index contributed by atoms with van der Waals surface area (Å²) < 4.78 is 24.8. The maximum atomic E-state index is 11.7. The van der Waals surface area contributed by atoms with Crippen molar-refractivity contribution in [1.82, 2.24) is 4.31 Å². The molecule has 1 unspecified atom stereocenters. The van der Waals surface area contributed by atoms with Crippen LogP contribution in [0.3, 0.4) is 0 Å². The van der Waals surface area contributed by atoms with Gasteiger partial charge in [0, 0.05) is 19.0 Å². The van der Waals surface area contributed by atoms with Crippen molar-refractivity contribution >= 4 is 21.6 Å². The van der Waals surface area contributed by atoms with Crippen molar-refractivity contribution < 1.29 is 8.42 Å². The SMILES string of the molecule is CCN(CC(C)C#N)S(=O)(=O)CCCCl. The summed E-state index contributed by atoms with van der Waals surface area (Å²) in [6.45, 7) is 4.14. The Labute approximate surface area is 96.9 Å². The van der Waals surface area contributed by atoms with Crippen molar-refractivity contribution in [2.45, 2.75) is 20.3 Å². The molecule has 0 amide bonds. The summed E-state index contributed by atoms with van der Waals surface area (Å²) >= 11 is 5.45. The zero-order chi connectivity index (χ0) is 11.9. The minimum absolute atomic E-state index is 0.0580. The van der Waals surface area contributed by atoms with Crippen molar-refractivity contribution in [3.8, 4) is 6.07 Å². The van der Waals surface area contributed by atoms with Crippen molar-refractivity contribution in [2.24, 2.45) is 5.92 Å². The van der Waals surface area contributed by atoms with Gasteiger partial charge in [-0.25, -0.2) is 12.7 Å². The molecule has 0 aromatic rings. The Kier molecular flexibility index (Phi) is 6.90. The number of hydrogen-bond acceptors (Lipinski definition) is 3. The number of nitrogens with zero attached hydrogens (tertiary/aromatic N) is 2. The van der Waals surface area contributed by atoms with Gasteiger partial charge in [-0.05, 0) is 13.3 Å². The Balaban J connectivity index is 4.46. The summed E-state index contributed by atoms with van der Waals surface area (Å²) in [6, 6.07) is 2.03. The topological polar surface area (TPSA) is 61.2 Å². The Bertz CT molecular complexity index is 311. The Hall–Kier alpha value is -0.310. The van der Waals surface area contributed by atoms with Gasteiger partial charge in [0.25, 0.3) is 0 Å². The number of rotatable bonds is 7. The van der Waals surface area contributed by atoms with Gasteiger partial charge >= 0.3 is 0 Å². The average molecular weight is 253 g/mol. The zero-order valence-electron chi connectivity index (χ0n) is 9.11. The van der Waals surface area contributed by atoms with E-state index >= 15 is 0 Å². The lowest BCUT2D eigenvalue weighted by molar-refractivity contribution is 0.399. The van der Waals surface area contributed by atoms with E-state index < -0.39 is 10.0 Å². The van der Waals surface area contributed by atoms with Crippen LogP contribution in [0.5, 0.6) is 0 Å². The predicted molar refractivity (Wildman–Crippen MR) is 61.1 cm³/mol. The number of hydrogen-bond donors (Lipinski definition) is 0. The first-order valence-corrected chi connectivity index (χ1v) is 7.05. The molecule has 4 nitrogen and oxygen atoms in total. The van der Waals surface area contributed by atoms with Gasteiger partial charge in [-0.3, -0.25) is 0 Å². The van der Waals surface area contributed by atoms with Gasteiger partial charge in [-0.1, -0.05) is 6.92 Å². The normalized spacial score (nSPS) is 13.8. The van der Waals surface area contributed by atoms with Crippen molar-refractivity contribution in [2.75, 3.05) is 24.7 Å². The number of halogens is 1. The van der Waals surface area contributed by atoms with E-state index in [4.69, 9.17) is 16.9 Å². The highest BCUT2D eigenvalue weighted by Gasteiger charge is 2.21. The van der Waals surface area contributed by atoms with Crippen LogP contribution in [0.1, 0.15) is 20.3 Å². The highest BCUT2D eigenvalue weighted by molar-refractivity contribution is 7.89. The van der Waals surface area contributed by atoms with E-state index in [0.29, 0.717) is 18.8 Å². The predicted octanol–water partition coefficient (Wildman–Crippen LogP) is 1.43. The Morgan fingerprint density at radius 1 is 1.53 bits per heavy atom. The highest BCUT2D eigenvalue weighted by atomic mass is 35.5. The van der Waals surface area contributed by atoms with Crippen LogP contribution < -0.4 is 0 Å². The second kappa shape index (κ2) is 7.04. The van der Waals surface area contributed by atoms with E-state index in [0.717, 1.165) is 0 Å². The van der Waals surface area contributed by atoms with Crippen LogP contribution in [0.2, 0.25) is 0 Å². The molecule has 0 aromatic carbocycles. The quantitative estimate of drug-likeness (QED) is 0.644. The number of nitriles is 1. The van der Waals surface area contributed by atoms with E-state index in [2.05, 4.69) is 0 Å². The fourth-order valence-corrected chi connectivity index (χ4v) is 3.06. The maximum absolute atomic E-state index is 11.7. The summed E-state index contributed by atoms with van der Waals surface area (Å²) in [5.74, 6) is 0.114. The lowest BCUT2D eigenvalue weighted by Gasteiger charge is -2.21. The van der Waals surface area contributed by atoms with Crippen LogP contribution >= 0.6 is 11.6 Å². The highest BCUT2D eigenvalue weighted by Crippen LogP contribution is 2.07. The molecule has 88 valence electrons. The van der Waals surface area contributed by atoms with Gasteiger partial charge < -0.3 is 0 Å². The summed E-state index contributed by atoms with van der Waals surface area (Å²) in [7, 11) is -3.24. The lowest BCUT2D eigenvalue weighted by Crippen LogP contribution is -2.36. The number of alkyl halides is 1. The molecule has 0 heterocycles. The Morgan fingerprint density at radius 3 is 2.53 bits per heavy atom. The smallest absolute Gasteiger partial charge is 0.212 e. The molecule has 0 saturated heterocycles. The van der Waals surface area contributed by atoms with Crippen LogP contribution in [0, 0.1) is 17.2 Å². The van der Waals surface area contributed by atoms with Crippen LogP contribution in [-0.2, 0) is 10.0 Å². The molecule has 15 heavy (non-hydrogen) atoms. The molecule has 0 aliphatic heterocycles. The molecular weight excluding hydrogens is 236 g/mol. The fourth-order valence-electron chi connectivity index (χ4n) is 1.15. The van der Waals surface area contributed by atoms with E-state index in [1.54, 1.807) is 13.8 Å². The lowest BCUT2D eigenvalue weighted by atomic mass is 10.2. The van der Waals surface area contributed by atoms with Crippen LogP contribution in [-0.4, -0.2) is 37.4 Å². The van der Waals surface area contributed by atoms with Gasteiger partial charge in [0.2, 0.25) is 10.0 Å². The third kappa shape index (κ3) is 5.36. The minimum Gasteiger partial charge on any atom is -0.212 e. The molecule has 1 atom stereocenters. The van der Waals surface area contributed by atoms with E-state index in [9.17, 15) is 8.42 Å². The molecule has 0 bridgehead atoms. The maximum Gasteiger partial charge on any atom is 0.214 e. The molecule has 0 spiro atoms. The van der Waals surface area contributed by atoms with Gasteiger partial charge in [0.05, 0.1) is 17.7 Å². The van der Waals surface area contributed by atoms with Gasteiger partial charge in [0.1, 0.15) is 0 Å². The van der Waals surface area contributed by atoms with E-state index in [-0.39, 0.29) is 18.2 Å². The first kappa shape index (κ1) is 14.7. The first-order valence-electron chi connectivity index (χ1n) is 4.91. The van der Waals surface area contributed by atoms with Crippen molar-refractivity contribution in [3.05, 3.63) is 0 Å². The molecule has 0 fully saturated rings. The van der Waals surface area contributed by atoms with Gasteiger partial charge in [-0.2, -0.15) is 5.26 Å². The third-order valence-corrected chi connectivity index (χ3v) is 4.25. The second-order valence-electron chi connectivity index (χ2n) is 3.34. The molecule has 0 saturated carbocycles. The van der Waals surface area contributed by atoms with Crippen LogP contribution in [0.15, 0.2) is 0 Å². The Morgan fingerprint density at radius 2 is 2.13 bits per heavy atom. The summed E-state index contributed by atoms with van der Waals surface area (Å²) in [6.07, 6.45) is 0.446. The summed E-state index contributed by atoms with van der Waals surface area (Å²) in [5, 5.41) is 8.63. The van der Waals surface area contributed by atoms with Gasteiger partial charge in [0.15, 0.2) is 0 Å². The molecule has 0 aliphatic carbocycles. The van der Waals surface area contributed by atoms with Crippen LogP contribution in [0.4, 0.5) is 0 Å². The zero-order valence-corrected chi connectivity index (χ0v) is 10.7. The van der Waals surface area contributed by atoms with Crippen molar-refractivity contribution in [1.29, 1.82) is 5.26 Å². The minimum atomic E-state index is -3.24. The fraction of sp³-hybridized carbons (Fsp3) is 0.889. The third-order valence-electron chi connectivity index (χ3n) is 1.98. The van der Waals surface area contributed by atoms with E-state index in [1.807, 2.05) is 6.07 Å². The first-order chi connectivity index (χ1) is 6.97.